The third kappa shape index (κ3) is 5.75. The second-order valence-corrected chi connectivity index (χ2v) is 14.7. The summed E-state index contributed by atoms with van der Waals surface area (Å²) in [5, 5.41) is 5.25. The van der Waals surface area contributed by atoms with Crippen LogP contribution in [0, 0.1) is 33.6 Å². The van der Waals surface area contributed by atoms with Crippen LogP contribution in [0.25, 0.3) is 49.4 Å². The van der Waals surface area contributed by atoms with Gasteiger partial charge in [0.2, 0.25) is 0 Å². The van der Waals surface area contributed by atoms with E-state index in [-0.39, 0.29) is 5.92 Å². The van der Waals surface area contributed by atoms with Crippen LogP contribution < -0.4 is 0 Å². The Kier molecular flexibility index (Phi) is 8.24. The smallest absolute Gasteiger partial charge is 0.0644 e. The predicted molar refractivity (Wildman–Crippen MR) is 217 cm³/mol. The largest absolute Gasteiger partial charge is 0.284 e. The molecule has 2 aliphatic rings. The number of hydrogen-bond acceptors (Lipinski definition) is 1. The van der Waals surface area contributed by atoms with Crippen LogP contribution >= 0.6 is 0 Å². The summed E-state index contributed by atoms with van der Waals surface area (Å²) in [4.78, 5) is 5.26. The number of aryl methyl sites for hydroxylation is 3. The molecule has 0 amide bonds. The summed E-state index contributed by atoms with van der Waals surface area (Å²) >= 11 is 0. The minimum atomic E-state index is 0.251. The molecule has 6 aromatic rings. The summed E-state index contributed by atoms with van der Waals surface area (Å²) < 4.78 is 0. The minimum absolute atomic E-state index is 0.251. The van der Waals surface area contributed by atoms with Crippen molar-refractivity contribution in [3.63, 3.8) is 0 Å². The molecule has 0 bridgehead atoms. The lowest BCUT2D eigenvalue weighted by Gasteiger charge is -2.24. The molecule has 0 spiro atoms. The number of hydrogen-bond donors (Lipinski definition) is 0. The van der Waals surface area contributed by atoms with E-state index in [1.54, 1.807) is 0 Å². The molecule has 6 aromatic carbocycles. The lowest BCUT2D eigenvalue weighted by atomic mass is 9.80. The van der Waals surface area contributed by atoms with Crippen molar-refractivity contribution in [2.45, 2.75) is 53.9 Å². The molecule has 0 radical (unpaired) electrons. The maximum Gasteiger partial charge on any atom is 0.0644 e. The first-order chi connectivity index (χ1) is 24.2. The first-order valence-corrected chi connectivity index (χ1v) is 18.1. The summed E-state index contributed by atoms with van der Waals surface area (Å²) in [5.41, 5.74) is 18.2. The molecule has 1 heteroatoms. The molecule has 2 unspecified atom stereocenters. The molecule has 0 aromatic heterocycles. The van der Waals surface area contributed by atoms with E-state index in [2.05, 4.69) is 169 Å². The van der Waals surface area contributed by atoms with Crippen molar-refractivity contribution in [2.75, 3.05) is 6.54 Å². The van der Waals surface area contributed by atoms with Crippen molar-refractivity contribution in [3.05, 3.63) is 172 Å². The Balaban J connectivity index is 1.26. The lowest BCUT2D eigenvalue weighted by molar-refractivity contribution is 0.742. The monoisotopic (exact) mass is 647 g/mol. The van der Waals surface area contributed by atoms with E-state index in [1.807, 2.05) is 0 Å². The van der Waals surface area contributed by atoms with E-state index in [4.69, 9.17) is 4.99 Å². The van der Waals surface area contributed by atoms with Gasteiger partial charge in [-0.2, -0.15) is 0 Å². The van der Waals surface area contributed by atoms with Crippen molar-refractivity contribution in [2.24, 2.45) is 10.9 Å². The van der Waals surface area contributed by atoms with E-state index in [0.717, 1.165) is 18.7 Å². The third-order valence-electron chi connectivity index (χ3n) is 10.8. The molecule has 0 saturated heterocycles. The summed E-state index contributed by atoms with van der Waals surface area (Å²) in [6, 6.07) is 38.5. The van der Waals surface area contributed by atoms with Crippen LogP contribution in [0.1, 0.15) is 65.1 Å². The Labute approximate surface area is 297 Å². The summed E-state index contributed by atoms with van der Waals surface area (Å²) in [6.45, 7) is 14.2. The van der Waals surface area contributed by atoms with Crippen molar-refractivity contribution in [1.29, 1.82) is 0 Å². The van der Waals surface area contributed by atoms with Gasteiger partial charge in [0.05, 0.1) is 5.71 Å². The molecule has 0 N–H and O–H groups in total. The van der Waals surface area contributed by atoms with Gasteiger partial charge >= 0.3 is 0 Å². The van der Waals surface area contributed by atoms with Gasteiger partial charge < -0.3 is 0 Å². The fourth-order valence-corrected chi connectivity index (χ4v) is 8.65. The second-order valence-electron chi connectivity index (χ2n) is 14.7. The summed E-state index contributed by atoms with van der Waals surface area (Å²) in [7, 11) is 0. The van der Waals surface area contributed by atoms with E-state index >= 15 is 0 Å². The molecule has 1 heterocycles. The van der Waals surface area contributed by atoms with Crippen molar-refractivity contribution < 1.29 is 0 Å². The van der Waals surface area contributed by atoms with Gasteiger partial charge in [0.15, 0.2) is 0 Å². The first kappa shape index (κ1) is 32.0. The van der Waals surface area contributed by atoms with Crippen LogP contribution in [0.5, 0.6) is 0 Å². The number of nitrogens with zero attached hydrogens (tertiary/aromatic N) is 1. The van der Waals surface area contributed by atoms with Gasteiger partial charge in [0.1, 0.15) is 0 Å². The van der Waals surface area contributed by atoms with Gasteiger partial charge in [-0.1, -0.05) is 139 Å². The van der Waals surface area contributed by atoms with Crippen LogP contribution in [0.4, 0.5) is 0 Å². The zero-order valence-corrected chi connectivity index (χ0v) is 30.1. The fourth-order valence-electron chi connectivity index (χ4n) is 8.65. The van der Waals surface area contributed by atoms with Gasteiger partial charge in [-0.05, 0) is 131 Å². The topological polar surface area (TPSA) is 12.4 Å². The number of rotatable bonds is 5. The van der Waals surface area contributed by atoms with Crippen molar-refractivity contribution in [1.82, 2.24) is 0 Å². The standard InChI is InChI=1S/C49H45N/c1-30-22-31(2)25-38(24-30)48-43-14-9-10-15-44(43)49(39-26-32(3)23-33(4)27-39)46-28-36(18-20-45(46)48)47-21-19-37(29-50-47)41-16-11-17-42(35(41)6)40-13-8-7-12-34(40)5/h7-24,26-28,31,37H,25,29H2,1-6H3. The van der Waals surface area contributed by atoms with E-state index in [0.29, 0.717) is 5.92 Å². The average Bonchev–Trinajstić information content (AvgIpc) is 3.10. The maximum absolute atomic E-state index is 5.26. The first-order valence-electron chi connectivity index (χ1n) is 18.1. The fraction of sp³-hybridized carbons (Fsp3) is 0.204. The molecule has 0 saturated carbocycles. The highest BCUT2D eigenvalue weighted by Gasteiger charge is 2.23. The number of allylic oxidation sites excluding steroid dienone is 5. The lowest BCUT2D eigenvalue weighted by Crippen LogP contribution is -2.11. The predicted octanol–water partition coefficient (Wildman–Crippen LogP) is 13.1. The molecule has 246 valence electrons. The van der Waals surface area contributed by atoms with E-state index in [9.17, 15) is 0 Å². The molecular weight excluding hydrogens is 603 g/mol. The Hall–Kier alpha value is -5.27. The maximum atomic E-state index is 5.26. The molecular formula is C49H45N. The Morgan fingerprint density at radius 1 is 0.620 bits per heavy atom. The van der Waals surface area contributed by atoms with Gasteiger partial charge in [0.25, 0.3) is 0 Å². The molecule has 2 atom stereocenters. The highest BCUT2D eigenvalue weighted by molar-refractivity contribution is 6.21. The van der Waals surface area contributed by atoms with Crippen LogP contribution in [0.3, 0.4) is 0 Å². The van der Waals surface area contributed by atoms with Crippen LogP contribution in [0.15, 0.2) is 138 Å². The average molecular weight is 648 g/mol. The SMILES string of the molecule is CC1=CC(C)CC(c2c3ccccc3c(-c3cc(C)cc(C)c3)c3cc(C4=NCC(c5cccc(-c6ccccc6C)c5C)C=C4)ccc23)=C1. The van der Waals surface area contributed by atoms with Gasteiger partial charge in [-0.25, -0.2) is 0 Å². The normalized spacial score (nSPS) is 17.5. The van der Waals surface area contributed by atoms with Crippen molar-refractivity contribution in [3.8, 4) is 22.3 Å². The Morgan fingerprint density at radius 2 is 1.32 bits per heavy atom. The number of benzene rings is 6. The van der Waals surface area contributed by atoms with Gasteiger partial charge in [-0.3, -0.25) is 4.99 Å². The van der Waals surface area contributed by atoms with E-state index in [1.165, 1.54) is 93.9 Å². The van der Waals surface area contributed by atoms with E-state index < -0.39 is 0 Å². The van der Waals surface area contributed by atoms with Crippen molar-refractivity contribution >= 4 is 32.8 Å². The Bertz CT molecular complexity index is 2430. The van der Waals surface area contributed by atoms with Crippen LogP contribution in [-0.2, 0) is 0 Å². The highest BCUT2D eigenvalue weighted by Crippen LogP contribution is 2.45. The summed E-state index contributed by atoms with van der Waals surface area (Å²) in [6.07, 6.45) is 10.5. The number of fused-ring (bicyclic) bond motifs is 2. The zero-order valence-electron chi connectivity index (χ0n) is 30.1. The summed E-state index contributed by atoms with van der Waals surface area (Å²) in [5.74, 6) is 0.763. The Morgan fingerprint density at radius 3 is 2.04 bits per heavy atom. The third-order valence-corrected chi connectivity index (χ3v) is 10.8. The number of aliphatic imine (C=N–C) groups is 1. The number of dihydropyridines is 1. The quantitative estimate of drug-likeness (QED) is 0.165. The molecule has 1 aliphatic carbocycles. The second kappa shape index (κ2) is 12.9. The molecule has 1 aliphatic heterocycles. The van der Waals surface area contributed by atoms with Crippen LogP contribution in [-0.4, -0.2) is 12.3 Å². The molecule has 8 rings (SSSR count). The minimum Gasteiger partial charge on any atom is -0.284 e. The molecule has 0 fully saturated rings. The van der Waals surface area contributed by atoms with Gasteiger partial charge in [-0.15, -0.1) is 0 Å². The van der Waals surface area contributed by atoms with Gasteiger partial charge in [0, 0.05) is 18.0 Å². The molecule has 50 heavy (non-hydrogen) atoms. The molecule has 1 nitrogen and oxygen atoms in total. The zero-order chi connectivity index (χ0) is 34.5. The highest BCUT2D eigenvalue weighted by atomic mass is 14.8. The van der Waals surface area contributed by atoms with Crippen LogP contribution in [0.2, 0.25) is 0 Å².